The highest BCUT2D eigenvalue weighted by Crippen LogP contribution is 2.30. The lowest BCUT2D eigenvalue weighted by molar-refractivity contribution is -0.142. The number of carbonyl (C=O) groups is 2. The van der Waals surface area contributed by atoms with Crippen LogP contribution >= 0.6 is 0 Å². The lowest BCUT2D eigenvalue weighted by atomic mass is 10.0. The maximum absolute atomic E-state index is 12.0. The molecule has 0 spiro atoms. The van der Waals surface area contributed by atoms with Crippen molar-refractivity contribution in [1.29, 1.82) is 0 Å². The molecule has 6 heteroatoms. The van der Waals surface area contributed by atoms with E-state index in [2.05, 4.69) is 6.92 Å². The Labute approximate surface area is 100 Å². The van der Waals surface area contributed by atoms with Crippen molar-refractivity contribution >= 4 is 12.0 Å². The van der Waals surface area contributed by atoms with E-state index in [0.29, 0.717) is 26.0 Å². The second kappa shape index (κ2) is 4.91. The molecule has 0 saturated carbocycles. The Morgan fingerprint density at radius 1 is 1.53 bits per heavy atom. The van der Waals surface area contributed by atoms with Crippen LogP contribution in [0.25, 0.3) is 0 Å². The predicted molar refractivity (Wildman–Crippen MR) is 59.2 cm³/mol. The number of carboxylic acids is 1. The van der Waals surface area contributed by atoms with Gasteiger partial charge in [-0.3, -0.25) is 4.84 Å². The van der Waals surface area contributed by atoms with Gasteiger partial charge in [-0.25, -0.2) is 9.59 Å². The molecular formula is C11H18N2O4. The smallest absolute Gasteiger partial charge is 0.345 e. The molecule has 2 atom stereocenters. The van der Waals surface area contributed by atoms with Crippen molar-refractivity contribution in [2.45, 2.75) is 44.7 Å². The van der Waals surface area contributed by atoms with Crippen LogP contribution in [0.2, 0.25) is 0 Å². The quantitative estimate of drug-likeness (QED) is 0.732. The first kappa shape index (κ1) is 12.2. The number of carbonyl (C=O) groups excluding carboxylic acids is 1. The van der Waals surface area contributed by atoms with Gasteiger partial charge in [0, 0.05) is 6.54 Å². The summed E-state index contributed by atoms with van der Waals surface area (Å²) in [5.74, 6) is -0.924. The molecule has 96 valence electrons. The molecule has 0 aromatic carbocycles. The van der Waals surface area contributed by atoms with Crippen LogP contribution < -0.4 is 0 Å². The van der Waals surface area contributed by atoms with Crippen LogP contribution in [0, 0.1) is 0 Å². The molecule has 2 saturated heterocycles. The normalized spacial score (nSPS) is 27.7. The van der Waals surface area contributed by atoms with Gasteiger partial charge in [0.1, 0.15) is 6.04 Å². The zero-order chi connectivity index (χ0) is 12.4. The number of amides is 2. The van der Waals surface area contributed by atoms with Crippen molar-refractivity contribution in [3.63, 3.8) is 0 Å². The minimum Gasteiger partial charge on any atom is -0.480 e. The number of piperidine rings is 1. The monoisotopic (exact) mass is 242 g/mol. The molecule has 0 aromatic rings. The van der Waals surface area contributed by atoms with Gasteiger partial charge in [-0.2, -0.15) is 5.06 Å². The van der Waals surface area contributed by atoms with Crippen LogP contribution in [0.5, 0.6) is 0 Å². The van der Waals surface area contributed by atoms with Gasteiger partial charge in [-0.05, 0) is 19.3 Å². The van der Waals surface area contributed by atoms with Crippen molar-refractivity contribution in [3.8, 4) is 0 Å². The minimum absolute atomic E-state index is 0.0231. The van der Waals surface area contributed by atoms with Crippen molar-refractivity contribution in [2.24, 2.45) is 0 Å². The molecule has 17 heavy (non-hydrogen) atoms. The molecule has 1 N–H and O–H groups in total. The molecule has 0 aliphatic carbocycles. The number of unbranched alkanes of at least 4 members (excludes halogenated alkanes) is 1. The summed E-state index contributed by atoms with van der Waals surface area (Å²) in [6.45, 7) is 3.05. The Balaban J connectivity index is 1.99. The first-order valence-corrected chi connectivity index (χ1v) is 6.10. The zero-order valence-corrected chi connectivity index (χ0v) is 9.96. The topological polar surface area (TPSA) is 70.1 Å². The number of aliphatic carboxylic acids is 1. The van der Waals surface area contributed by atoms with E-state index in [9.17, 15) is 9.59 Å². The number of hydrogen-bond acceptors (Lipinski definition) is 3. The first-order valence-electron chi connectivity index (χ1n) is 6.10. The van der Waals surface area contributed by atoms with Gasteiger partial charge in [-0.15, -0.1) is 0 Å². The molecule has 2 rings (SSSR count). The number of nitrogens with zero attached hydrogens (tertiary/aromatic N) is 2. The van der Waals surface area contributed by atoms with E-state index in [1.54, 1.807) is 0 Å². The van der Waals surface area contributed by atoms with Crippen LogP contribution in [0.4, 0.5) is 4.79 Å². The van der Waals surface area contributed by atoms with Gasteiger partial charge < -0.3 is 10.0 Å². The average Bonchev–Trinajstić information content (AvgIpc) is 2.54. The van der Waals surface area contributed by atoms with E-state index in [1.165, 1.54) is 9.96 Å². The standard InChI is InChI=1S/C11H18N2O4/c1-2-3-6-17-13-8-4-5-9(10(14)15)12(7-8)11(13)16/h8-9H,2-7H2,1H3,(H,14,15)/t8-,9?/m0/s1. The number of hydroxylamine groups is 2. The van der Waals surface area contributed by atoms with E-state index >= 15 is 0 Å². The van der Waals surface area contributed by atoms with Crippen molar-refractivity contribution in [2.75, 3.05) is 13.2 Å². The Morgan fingerprint density at radius 3 is 2.94 bits per heavy atom. The summed E-state index contributed by atoms with van der Waals surface area (Å²) >= 11 is 0. The molecule has 2 aliphatic heterocycles. The first-order chi connectivity index (χ1) is 8.15. The number of hydrogen-bond donors (Lipinski definition) is 1. The second-order valence-electron chi connectivity index (χ2n) is 4.53. The average molecular weight is 242 g/mol. The summed E-state index contributed by atoms with van der Waals surface area (Å²) in [5.41, 5.74) is 0. The van der Waals surface area contributed by atoms with E-state index in [-0.39, 0.29) is 12.1 Å². The van der Waals surface area contributed by atoms with Crippen LogP contribution in [0.15, 0.2) is 0 Å². The Kier molecular flexibility index (Phi) is 3.51. The van der Waals surface area contributed by atoms with Gasteiger partial charge in [-0.1, -0.05) is 13.3 Å². The fourth-order valence-electron chi connectivity index (χ4n) is 2.36. The molecule has 2 fully saturated rings. The number of carboxylic acid groups (broad SMARTS) is 1. The van der Waals surface area contributed by atoms with Crippen molar-refractivity contribution in [3.05, 3.63) is 0 Å². The Bertz CT molecular complexity index is 321. The number of rotatable bonds is 5. The van der Waals surface area contributed by atoms with Gasteiger partial charge in [0.2, 0.25) is 0 Å². The number of urea groups is 1. The molecule has 0 radical (unpaired) electrons. The SMILES string of the molecule is CCCCON1C(=O)N2C[C@@H]1CCC2C(=O)O. The van der Waals surface area contributed by atoms with Gasteiger partial charge >= 0.3 is 12.0 Å². The minimum atomic E-state index is -0.924. The van der Waals surface area contributed by atoms with E-state index in [4.69, 9.17) is 9.94 Å². The zero-order valence-electron chi connectivity index (χ0n) is 9.96. The lowest BCUT2D eigenvalue weighted by Crippen LogP contribution is -2.44. The van der Waals surface area contributed by atoms with Crippen molar-refractivity contribution in [1.82, 2.24) is 9.96 Å². The third-order valence-electron chi connectivity index (χ3n) is 3.34. The van der Waals surface area contributed by atoms with Crippen LogP contribution in [0.3, 0.4) is 0 Å². The van der Waals surface area contributed by atoms with Crippen LogP contribution in [-0.2, 0) is 9.63 Å². The summed E-state index contributed by atoms with van der Waals surface area (Å²) in [4.78, 5) is 29.8. The molecular weight excluding hydrogens is 224 g/mol. The fraction of sp³-hybridized carbons (Fsp3) is 0.818. The lowest BCUT2D eigenvalue weighted by Gasteiger charge is -2.26. The predicted octanol–water partition coefficient (Wildman–Crippen LogP) is 1.07. The molecule has 2 bridgehead atoms. The Morgan fingerprint density at radius 2 is 2.29 bits per heavy atom. The van der Waals surface area contributed by atoms with Crippen LogP contribution in [0.1, 0.15) is 32.6 Å². The molecule has 2 amide bonds. The third-order valence-corrected chi connectivity index (χ3v) is 3.34. The highest BCUT2D eigenvalue weighted by atomic mass is 16.7. The number of fused-ring (bicyclic) bond motifs is 2. The van der Waals surface area contributed by atoms with Gasteiger partial charge in [0.25, 0.3) is 0 Å². The second-order valence-corrected chi connectivity index (χ2v) is 4.53. The highest BCUT2D eigenvalue weighted by molar-refractivity contribution is 5.84. The van der Waals surface area contributed by atoms with Gasteiger partial charge in [0.05, 0.1) is 12.6 Å². The van der Waals surface area contributed by atoms with Crippen LogP contribution in [-0.4, -0.2) is 52.3 Å². The summed E-state index contributed by atoms with van der Waals surface area (Å²) < 4.78 is 0. The summed E-state index contributed by atoms with van der Waals surface area (Å²) in [5, 5.41) is 10.4. The van der Waals surface area contributed by atoms with E-state index in [0.717, 1.165) is 12.8 Å². The third kappa shape index (κ3) is 2.22. The summed E-state index contributed by atoms with van der Waals surface area (Å²) in [7, 11) is 0. The highest BCUT2D eigenvalue weighted by Gasteiger charge is 2.47. The maximum atomic E-state index is 12.0. The fourth-order valence-corrected chi connectivity index (χ4v) is 2.36. The maximum Gasteiger partial charge on any atom is 0.345 e. The molecule has 2 aliphatic rings. The molecule has 1 unspecified atom stereocenters. The van der Waals surface area contributed by atoms with E-state index in [1.807, 2.05) is 0 Å². The molecule has 0 aromatic heterocycles. The van der Waals surface area contributed by atoms with Gasteiger partial charge in [0.15, 0.2) is 0 Å². The largest absolute Gasteiger partial charge is 0.480 e. The van der Waals surface area contributed by atoms with E-state index < -0.39 is 12.0 Å². The molecule has 6 nitrogen and oxygen atoms in total. The summed E-state index contributed by atoms with van der Waals surface area (Å²) in [6, 6.07) is -0.954. The van der Waals surface area contributed by atoms with Crippen molar-refractivity contribution < 1.29 is 19.5 Å². The summed E-state index contributed by atoms with van der Waals surface area (Å²) in [6.07, 6.45) is 3.12. The Hall–Kier alpha value is -1.30. The molecule has 2 heterocycles.